The summed E-state index contributed by atoms with van der Waals surface area (Å²) in [6.45, 7) is 2.92. The van der Waals surface area contributed by atoms with E-state index in [-0.39, 0.29) is 143 Å². The van der Waals surface area contributed by atoms with Crippen LogP contribution in [0.1, 0.15) is 15.9 Å². The van der Waals surface area contributed by atoms with E-state index in [2.05, 4.69) is 52.9 Å². The summed E-state index contributed by atoms with van der Waals surface area (Å²) < 4.78 is 113. The normalized spacial score (nSPS) is 11.5. The molecule has 0 aliphatic rings. The van der Waals surface area contributed by atoms with Gasteiger partial charge in [-0.05, 0) is 30.3 Å². The third kappa shape index (κ3) is 16.9. The predicted molar refractivity (Wildman–Crippen MR) is 183 cm³/mol. The molecule has 4 aromatic rings. The number of hydrazone groups is 1. The molecule has 0 saturated carbocycles. The number of carboxylic acid groups (broad SMARTS) is 1. The number of nitrogens with one attached hydrogen (secondary N) is 3. The molecule has 0 atom stereocenters. The molecule has 3 aromatic carbocycles. The summed E-state index contributed by atoms with van der Waals surface area (Å²) >= 11 is 0. The minimum Gasteiger partial charge on any atom is -0.870 e. The molecular weight excluding hydrogens is 914 g/mol. The molecule has 0 amide bonds. The maximum atomic E-state index is 14.3. The Labute approximate surface area is 407 Å². The number of sulfone groups is 1. The third-order valence-electron chi connectivity index (χ3n) is 6.56. The van der Waals surface area contributed by atoms with Crippen molar-refractivity contribution in [2.45, 2.75) is 9.79 Å². The molecule has 21 nitrogen and oxygen atoms in total. The number of benzene rings is 3. The molecular formula is C29H25CuFN9Na3O12S3+2. The van der Waals surface area contributed by atoms with Crippen LogP contribution < -0.4 is 110 Å². The van der Waals surface area contributed by atoms with Crippen molar-refractivity contribution in [3.8, 4) is 5.75 Å². The Bertz CT molecular complexity index is 2480. The van der Waals surface area contributed by atoms with Gasteiger partial charge in [-0.25, -0.2) is 30.0 Å². The van der Waals surface area contributed by atoms with Crippen molar-refractivity contribution in [2.75, 3.05) is 41.6 Å². The number of halogens is 1. The molecule has 0 aliphatic heterocycles. The number of nitrogens with zero attached hydrogens (tertiary/aromatic N) is 6. The standard InChI is InChI=1S/C29H28FN9O12S3.Cu.3Na/c1-2-52(43,44)13-12-51-11-10-31-28-33-27(30)34-29(35-28)32-22-15-19(54(48,49)50)16-23(24(22)40)37-39-25(17-6-4-3-5-7-17)38-36-21-14-18(53(45,46)47)8-9-20(21)26(41)42;;;;/h2-9,14-16,37,40H,1,10-13H2,(H,41,42)(H,45,46,47)(H,48,49,50)(H2,31,32,33,34,35);;;;/q;+2;3*+1/p-3. The van der Waals surface area contributed by atoms with Crippen molar-refractivity contribution in [3.05, 3.63) is 89.9 Å². The van der Waals surface area contributed by atoms with Gasteiger partial charge < -0.3 is 34.7 Å². The first-order valence-corrected chi connectivity index (χ1v) is 19.2. The van der Waals surface area contributed by atoms with Crippen LogP contribution in [0.2, 0.25) is 0 Å². The summed E-state index contributed by atoms with van der Waals surface area (Å²) in [5, 5.41) is 40.2. The zero-order chi connectivity index (χ0) is 39.7. The molecule has 0 spiro atoms. The van der Waals surface area contributed by atoms with Crippen LogP contribution in [0, 0.1) is 6.08 Å². The van der Waals surface area contributed by atoms with Gasteiger partial charge in [0.2, 0.25) is 17.7 Å². The maximum Gasteiger partial charge on any atom is 2.00 e. The summed E-state index contributed by atoms with van der Waals surface area (Å²) in [6.07, 6.45) is -1.35. The van der Waals surface area contributed by atoms with E-state index in [0.29, 0.717) is 18.2 Å². The van der Waals surface area contributed by atoms with Gasteiger partial charge in [0.25, 0.3) is 0 Å². The number of aromatic nitrogens is 3. The fourth-order valence-corrected chi connectivity index (χ4v) is 5.53. The predicted octanol–water partition coefficient (Wildman–Crippen LogP) is -7.11. The molecule has 1 heterocycles. The number of hydrogen-bond donors (Lipinski definition) is 4. The first-order chi connectivity index (χ1) is 25.4. The number of anilines is 4. The first-order valence-electron chi connectivity index (χ1n) is 14.7. The molecule has 0 fully saturated rings. The molecule has 0 aliphatic carbocycles. The molecule has 0 bridgehead atoms. The van der Waals surface area contributed by atoms with Crippen molar-refractivity contribution in [2.24, 2.45) is 15.3 Å². The quantitative estimate of drug-likeness (QED) is 0.0145. The van der Waals surface area contributed by atoms with Crippen molar-refractivity contribution in [1.82, 2.24) is 15.0 Å². The Morgan fingerprint density at radius 1 is 0.879 bits per heavy atom. The molecule has 0 unspecified atom stereocenters. The number of azo groups is 1. The second kappa shape index (κ2) is 24.7. The Morgan fingerprint density at radius 3 is 2.10 bits per heavy atom. The number of carbonyl (C=O) groups is 1. The Balaban J connectivity index is 0.00000812. The van der Waals surface area contributed by atoms with E-state index in [0.717, 1.165) is 17.5 Å². The van der Waals surface area contributed by atoms with Gasteiger partial charge in [0, 0.05) is 23.2 Å². The zero-order valence-corrected chi connectivity index (χ0v) is 39.8. The minimum absolute atomic E-state index is 0. The Morgan fingerprint density at radius 2 is 1.50 bits per heavy atom. The third-order valence-corrected chi connectivity index (χ3v) is 9.44. The molecule has 1 aromatic heterocycles. The van der Waals surface area contributed by atoms with Crippen LogP contribution in [0.4, 0.5) is 33.3 Å². The molecule has 4 N–H and O–H groups in total. The summed E-state index contributed by atoms with van der Waals surface area (Å²) in [4.78, 5) is 20.7. The monoisotopic (exact) mass is 938 g/mol. The van der Waals surface area contributed by atoms with E-state index >= 15 is 0 Å². The molecule has 295 valence electrons. The van der Waals surface area contributed by atoms with Gasteiger partial charge >= 0.3 is 118 Å². The van der Waals surface area contributed by atoms with E-state index in [4.69, 9.17) is 4.74 Å². The summed E-state index contributed by atoms with van der Waals surface area (Å²) in [5.41, 5.74) is 0.00344. The number of hydrogen-bond acceptors (Lipinski definition) is 19. The average Bonchev–Trinajstić information content (AvgIpc) is 3.10. The van der Waals surface area contributed by atoms with Crippen LogP contribution in [0.3, 0.4) is 0 Å². The summed E-state index contributed by atoms with van der Waals surface area (Å²) in [6, 6.07) is 11.1. The number of rotatable bonds is 17. The molecule has 4 rings (SSSR count). The molecule has 1 radical (unpaired) electrons. The second-order valence-corrected chi connectivity index (χ2v) is 15.1. The maximum absolute atomic E-state index is 14.3. The summed E-state index contributed by atoms with van der Waals surface area (Å²) in [7, 11) is -13.8. The van der Waals surface area contributed by atoms with E-state index in [9.17, 15) is 53.8 Å². The number of carboxylic acids is 1. The van der Waals surface area contributed by atoms with E-state index in [1.165, 1.54) is 24.3 Å². The Kier molecular flexibility index (Phi) is 23.7. The number of aromatic carboxylic acids is 1. The largest absolute Gasteiger partial charge is 2.00 e. The van der Waals surface area contributed by atoms with Gasteiger partial charge in [-0.1, -0.05) is 42.7 Å². The fraction of sp³-hybridized carbons (Fsp3) is 0.138. The van der Waals surface area contributed by atoms with E-state index in [1.54, 1.807) is 6.07 Å². The fourth-order valence-electron chi connectivity index (χ4n) is 4.00. The molecule has 58 heavy (non-hydrogen) atoms. The van der Waals surface area contributed by atoms with Crippen molar-refractivity contribution >= 4 is 70.8 Å². The Hall–Kier alpha value is -2.47. The number of amidine groups is 1. The first kappa shape index (κ1) is 55.5. The SMILES string of the molecule is C=CS(=O)(=O)CCOCCNc1nc(F)nc(Nc2cc(S(=O)(=O)[O-])cc(NN=C(N=Nc3cc(S(=O)(=O)[O-])ccc3C(=O)O)c3ccccc3)c2[O-])n1.[Cu+2].[Na+].[Na+].[Na+]. The van der Waals surface area contributed by atoms with Crippen molar-refractivity contribution in [1.29, 1.82) is 0 Å². The zero-order valence-electron chi connectivity index (χ0n) is 30.4. The van der Waals surface area contributed by atoms with Crippen LogP contribution in [0.25, 0.3) is 0 Å². The molecule has 0 saturated heterocycles. The van der Waals surface area contributed by atoms with Crippen LogP contribution in [0.5, 0.6) is 5.75 Å². The van der Waals surface area contributed by atoms with Gasteiger partial charge in [0.05, 0.1) is 40.0 Å². The van der Waals surface area contributed by atoms with Crippen LogP contribution in [-0.4, -0.2) is 91.7 Å². The van der Waals surface area contributed by atoms with Crippen molar-refractivity contribution < 1.29 is 164 Å². The average molecular weight is 939 g/mol. The van der Waals surface area contributed by atoms with Gasteiger partial charge in [0.1, 0.15) is 25.9 Å². The van der Waals surface area contributed by atoms with Gasteiger partial charge in [-0.2, -0.15) is 24.4 Å². The van der Waals surface area contributed by atoms with Gasteiger partial charge in [-0.3, -0.25) is 5.43 Å². The van der Waals surface area contributed by atoms with Crippen molar-refractivity contribution in [3.63, 3.8) is 0 Å². The smallest absolute Gasteiger partial charge is 0.870 e. The number of ether oxygens (including phenoxy) is 1. The molecule has 29 heteroatoms. The second-order valence-electron chi connectivity index (χ2n) is 10.3. The van der Waals surface area contributed by atoms with Crippen LogP contribution in [-0.2, 0) is 51.9 Å². The van der Waals surface area contributed by atoms with E-state index < -0.39 is 92.1 Å². The summed E-state index contributed by atoms with van der Waals surface area (Å²) in [5.74, 6) is -4.32. The van der Waals surface area contributed by atoms with Gasteiger partial charge in [-0.15, -0.1) is 10.2 Å². The minimum atomic E-state index is -5.26. The van der Waals surface area contributed by atoms with Gasteiger partial charge in [0.15, 0.2) is 9.84 Å². The van der Waals surface area contributed by atoms with Crippen LogP contribution in [0.15, 0.2) is 97.8 Å². The topological polar surface area (TPSA) is 330 Å². The van der Waals surface area contributed by atoms with E-state index in [1.807, 2.05) is 0 Å². The van der Waals surface area contributed by atoms with Crippen LogP contribution >= 0.6 is 0 Å².